The van der Waals surface area contributed by atoms with Crippen LogP contribution in [0.1, 0.15) is 67.3 Å². The number of aromatic nitrogens is 1. The van der Waals surface area contributed by atoms with Crippen LogP contribution in [-0.4, -0.2) is 22.5 Å². The van der Waals surface area contributed by atoms with Crippen molar-refractivity contribution in [2.24, 2.45) is 0 Å². The average molecular weight is 370 g/mol. The lowest BCUT2D eigenvalue weighted by atomic mass is 9.97. The third-order valence-corrected chi connectivity index (χ3v) is 5.12. The van der Waals surface area contributed by atoms with Gasteiger partial charge < -0.3 is 14.6 Å². The van der Waals surface area contributed by atoms with Crippen molar-refractivity contribution in [3.8, 4) is 0 Å². The fourth-order valence-electron chi connectivity index (χ4n) is 3.27. The lowest BCUT2D eigenvalue weighted by molar-refractivity contribution is -0.123. The van der Waals surface area contributed by atoms with E-state index in [0.29, 0.717) is 11.5 Å². The third-order valence-electron chi connectivity index (χ3n) is 5.12. The van der Waals surface area contributed by atoms with Crippen LogP contribution in [0.3, 0.4) is 0 Å². The highest BCUT2D eigenvalue weighted by molar-refractivity contribution is 5.98. The molecule has 0 unspecified atom stereocenters. The largest absolute Gasteiger partial charge is 0.449 e. The first kappa shape index (κ1) is 20.7. The highest BCUT2D eigenvalue weighted by atomic mass is 16.5. The van der Waals surface area contributed by atoms with Gasteiger partial charge in [-0.25, -0.2) is 4.79 Å². The van der Waals surface area contributed by atoms with Gasteiger partial charge in [0.1, 0.15) is 0 Å². The fraction of sp³-hybridized carbons (Fsp3) is 0.455. The highest BCUT2D eigenvalue weighted by Gasteiger charge is 2.23. The Labute approximate surface area is 161 Å². The number of esters is 1. The monoisotopic (exact) mass is 370 g/mol. The second-order valence-electron chi connectivity index (χ2n) is 6.96. The summed E-state index contributed by atoms with van der Waals surface area (Å²) in [6.45, 7) is 12.5. The molecule has 27 heavy (non-hydrogen) atoms. The predicted octanol–water partition coefficient (Wildman–Crippen LogP) is 4.82. The van der Waals surface area contributed by atoms with Crippen LogP contribution in [0.25, 0.3) is 0 Å². The van der Waals surface area contributed by atoms with Crippen molar-refractivity contribution in [2.75, 3.05) is 5.32 Å². The van der Waals surface area contributed by atoms with Gasteiger partial charge >= 0.3 is 5.97 Å². The number of para-hydroxylation sites is 1. The van der Waals surface area contributed by atoms with Crippen LogP contribution >= 0.6 is 0 Å². The van der Waals surface area contributed by atoms with E-state index in [1.54, 1.807) is 6.92 Å². The van der Waals surface area contributed by atoms with Gasteiger partial charge in [0.15, 0.2) is 6.10 Å². The molecule has 0 aliphatic rings. The van der Waals surface area contributed by atoms with Crippen LogP contribution in [0.2, 0.25) is 0 Å². The summed E-state index contributed by atoms with van der Waals surface area (Å²) < 4.78 is 7.47. The number of nitrogens with zero attached hydrogens (tertiary/aromatic N) is 1. The van der Waals surface area contributed by atoms with Crippen molar-refractivity contribution in [1.29, 1.82) is 0 Å². The van der Waals surface area contributed by atoms with E-state index in [1.807, 2.05) is 55.7 Å². The van der Waals surface area contributed by atoms with Gasteiger partial charge in [-0.05, 0) is 57.7 Å². The first-order valence-electron chi connectivity index (χ1n) is 9.57. The van der Waals surface area contributed by atoms with E-state index in [9.17, 15) is 9.59 Å². The van der Waals surface area contributed by atoms with Crippen molar-refractivity contribution in [2.45, 2.75) is 66.5 Å². The first-order valence-corrected chi connectivity index (χ1v) is 9.57. The number of amides is 1. The van der Waals surface area contributed by atoms with Gasteiger partial charge in [0.2, 0.25) is 0 Å². The molecule has 2 atom stereocenters. The molecule has 1 heterocycles. The summed E-state index contributed by atoms with van der Waals surface area (Å²) >= 11 is 0. The Morgan fingerprint density at radius 3 is 2.41 bits per heavy atom. The zero-order chi connectivity index (χ0) is 20.1. The summed E-state index contributed by atoms with van der Waals surface area (Å²) in [7, 11) is 0. The van der Waals surface area contributed by atoms with Crippen LogP contribution in [0.4, 0.5) is 5.69 Å². The molecule has 1 amide bonds. The molecule has 0 fully saturated rings. The van der Waals surface area contributed by atoms with E-state index in [1.165, 1.54) is 0 Å². The van der Waals surface area contributed by atoms with E-state index in [2.05, 4.69) is 19.2 Å². The maximum absolute atomic E-state index is 12.6. The van der Waals surface area contributed by atoms with Crippen molar-refractivity contribution in [3.63, 3.8) is 0 Å². The third kappa shape index (κ3) is 4.59. The molecule has 0 aliphatic carbocycles. The van der Waals surface area contributed by atoms with Gasteiger partial charge in [-0.15, -0.1) is 0 Å². The van der Waals surface area contributed by atoms with Crippen LogP contribution in [0, 0.1) is 13.8 Å². The Morgan fingerprint density at radius 2 is 1.81 bits per heavy atom. The van der Waals surface area contributed by atoms with Gasteiger partial charge in [0, 0.05) is 23.6 Å². The predicted molar refractivity (Wildman–Crippen MR) is 108 cm³/mol. The fourth-order valence-corrected chi connectivity index (χ4v) is 3.27. The summed E-state index contributed by atoms with van der Waals surface area (Å²) in [5.41, 5.74) is 4.22. The Hall–Kier alpha value is -2.56. The van der Waals surface area contributed by atoms with E-state index in [0.717, 1.165) is 35.6 Å². The maximum atomic E-state index is 12.6. The minimum absolute atomic E-state index is 0.330. The summed E-state index contributed by atoms with van der Waals surface area (Å²) in [5, 5.41) is 2.90. The number of hydrogen-bond acceptors (Lipinski definition) is 3. The number of hydrogen-bond donors (Lipinski definition) is 1. The molecule has 5 nitrogen and oxygen atoms in total. The van der Waals surface area contributed by atoms with Crippen LogP contribution < -0.4 is 5.32 Å². The van der Waals surface area contributed by atoms with Gasteiger partial charge in [-0.3, -0.25) is 4.79 Å². The molecule has 1 aromatic carbocycles. The number of aryl methyl sites for hydroxylation is 1. The number of rotatable bonds is 7. The Bertz CT molecular complexity index is 823. The molecule has 0 aliphatic heterocycles. The second-order valence-corrected chi connectivity index (χ2v) is 6.96. The van der Waals surface area contributed by atoms with E-state index in [4.69, 9.17) is 4.74 Å². The van der Waals surface area contributed by atoms with Crippen molar-refractivity contribution in [3.05, 3.63) is 52.8 Å². The van der Waals surface area contributed by atoms with E-state index < -0.39 is 12.1 Å². The van der Waals surface area contributed by atoms with E-state index >= 15 is 0 Å². The summed E-state index contributed by atoms with van der Waals surface area (Å²) in [6.07, 6.45) is 0.0944. The molecular weight excluding hydrogens is 340 g/mol. The van der Waals surface area contributed by atoms with Crippen molar-refractivity contribution < 1.29 is 14.3 Å². The Balaban J connectivity index is 2.10. The lowest BCUT2D eigenvalue weighted by Crippen LogP contribution is -2.30. The van der Waals surface area contributed by atoms with Crippen molar-refractivity contribution >= 4 is 17.6 Å². The Kier molecular flexibility index (Phi) is 6.83. The molecule has 5 heteroatoms. The lowest BCUT2D eigenvalue weighted by Gasteiger charge is -2.18. The quantitative estimate of drug-likeness (QED) is 0.711. The maximum Gasteiger partial charge on any atom is 0.340 e. The Morgan fingerprint density at radius 1 is 1.15 bits per heavy atom. The number of nitrogens with one attached hydrogen (secondary N) is 1. The highest BCUT2D eigenvalue weighted by Crippen LogP contribution is 2.26. The SMILES string of the molecule is CC[C@H](C)c1ccccc1NC(=O)[C@@H](C)OC(=O)c1cc(C)n(CC)c1C. The number of carbonyl (C=O) groups is 2. The molecule has 0 radical (unpaired) electrons. The minimum atomic E-state index is -0.882. The summed E-state index contributed by atoms with van der Waals surface area (Å²) in [6, 6.07) is 9.55. The smallest absolute Gasteiger partial charge is 0.340 e. The zero-order valence-electron chi connectivity index (χ0n) is 17.1. The second kappa shape index (κ2) is 8.89. The van der Waals surface area contributed by atoms with Gasteiger partial charge in [0.05, 0.1) is 5.56 Å². The molecule has 2 rings (SSSR count). The number of ether oxygens (including phenoxy) is 1. The molecule has 146 valence electrons. The summed E-state index contributed by atoms with van der Waals surface area (Å²) in [5.74, 6) is -0.470. The van der Waals surface area contributed by atoms with Crippen LogP contribution in [0.5, 0.6) is 0 Å². The first-order chi connectivity index (χ1) is 12.8. The van der Waals surface area contributed by atoms with Gasteiger partial charge in [-0.1, -0.05) is 32.0 Å². The molecule has 0 saturated carbocycles. The molecule has 2 aromatic rings. The molecule has 0 bridgehead atoms. The average Bonchev–Trinajstić information content (AvgIpc) is 2.95. The van der Waals surface area contributed by atoms with E-state index in [-0.39, 0.29) is 5.91 Å². The molecule has 0 spiro atoms. The molecule has 0 saturated heterocycles. The molecule has 1 aromatic heterocycles. The van der Waals surface area contributed by atoms with Crippen LogP contribution in [0.15, 0.2) is 30.3 Å². The van der Waals surface area contributed by atoms with Crippen molar-refractivity contribution in [1.82, 2.24) is 4.57 Å². The number of anilines is 1. The normalized spacial score (nSPS) is 13.1. The topological polar surface area (TPSA) is 60.3 Å². The van der Waals surface area contributed by atoms with Crippen LogP contribution in [-0.2, 0) is 16.1 Å². The number of benzene rings is 1. The number of carbonyl (C=O) groups excluding carboxylic acids is 2. The zero-order valence-corrected chi connectivity index (χ0v) is 17.1. The summed E-state index contributed by atoms with van der Waals surface area (Å²) in [4.78, 5) is 25.1. The standard InChI is InChI=1S/C22H30N2O3/c1-7-14(3)18-11-9-10-12-20(18)23-21(25)17(6)27-22(26)19-13-15(4)24(8-2)16(19)5/h9-14,17H,7-8H2,1-6H3,(H,23,25)/t14-,17+/m0/s1. The van der Waals surface area contributed by atoms with Gasteiger partial charge in [-0.2, -0.15) is 0 Å². The minimum Gasteiger partial charge on any atom is -0.449 e. The molecular formula is C22H30N2O3. The van der Waals surface area contributed by atoms with Gasteiger partial charge in [0.25, 0.3) is 5.91 Å². The molecule has 1 N–H and O–H groups in total.